The molecule has 6 heterocycles. The smallest absolute Gasteiger partial charge is 0.338 e. The Hall–Kier alpha value is -1.15. The maximum absolute atomic E-state index is 12.2. The molecule has 11 atom stereocenters. The van der Waals surface area contributed by atoms with E-state index < -0.39 is 11.9 Å². The molecule has 3 unspecified atom stereocenters. The third kappa shape index (κ3) is 1.92. The zero-order valence-electron chi connectivity index (χ0n) is 17.6. The van der Waals surface area contributed by atoms with Gasteiger partial charge in [0, 0.05) is 17.9 Å². The first-order valence-electron chi connectivity index (χ1n) is 11.1. The third-order valence-corrected chi connectivity index (χ3v) is 9.03. The fraction of sp³-hybridized carbons (Fsp3) is 0.864. The maximum Gasteiger partial charge on any atom is 0.338 e. The predicted molar refractivity (Wildman–Crippen MR) is 102 cm³/mol. The average Bonchev–Trinajstić information content (AvgIpc) is 3.40. The summed E-state index contributed by atoms with van der Waals surface area (Å²) in [5.74, 6) is 0.335. The fourth-order valence-corrected chi connectivity index (χ4v) is 8.02. The number of aliphatic hydroxyl groups is 1. The van der Waals surface area contributed by atoms with E-state index in [1.165, 1.54) is 0 Å². The quantitative estimate of drug-likeness (QED) is 0.696. The molecule has 6 aliphatic heterocycles. The second kappa shape index (κ2) is 5.75. The number of methoxy groups -OCH3 is 1. The van der Waals surface area contributed by atoms with Gasteiger partial charge >= 0.3 is 5.97 Å². The Bertz CT molecular complexity index is 798. The molecule has 6 rings (SSSR count). The normalized spacial score (nSPS) is 55.0. The molecular formula is C22H31NO6. The van der Waals surface area contributed by atoms with Crippen LogP contribution in [0.15, 0.2) is 11.3 Å². The second-order valence-electron chi connectivity index (χ2n) is 9.91. The van der Waals surface area contributed by atoms with Gasteiger partial charge in [0.2, 0.25) is 0 Å². The molecule has 0 aromatic carbocycles. The first-order valence-corrected chi connectivity index (χ1v) is 11.1. The number of fused-ring (bicyclic) bond motifs is 1. The molecule has 0 amide bonds. The minimum Gasteiger partial charge on any atom is -0.496 e. The van der Waals surface area contributed by atoms with Crippen molar-refractivity contribution >= 4 is 5.97 Å². The average molecular weight is 405 g/mol. The lowest BCUT2D eigenvalue weighted by Gasteiger charge is -2.49. The number of carbonyl (C=O) groups excluding carboxylic acids is 1. The Labute approximate surface area is 171 Å². The molecule has 160 valence electrons. The van der Waals surface area contributed by atoms with Gasteiger partial charge in [0.1, 0.15) is 11.9 Å². The molecule has 7 nitrogen and oxygen atoms in total. The molecule has 6 aliphatic rings. The summed E-state index contributed by atoms with van der Waals surface area (Å²) in [7, 11) is 1.59. The van der Waals surface area contributed by atoms with Gasteiger partial charge in [0.25, 0.3) is 0 Å². The summed E-state index contributed by atoms with van der Waals surface area (Å²) in [5.41, 5.74) is 0.427. The SMILES string of the molecule is CCC(O)CC12[C@H]3CCN1[C@H]1C[C@H]2O[C@@]32O[C@H]([C@H]3OC(=O)C(C)=C3OC)[C@@H](C)[C@H]12. The van der Waals surface area contributed by atoms with E-state index in [1.807, 2.05) is 6.92 Å². The topological polar surface area (TPSA) is 77.5 Å². The summed E-state index contributed by atoms with van der Waals surface area (Å²) in [6, 6.07) is 0.407. The van der Waals surface area contributed by atoms with Crippen molar-refractivity contribution in [2.75, 3.05) is 13.7 Å². The van der Waals surface area contributed by atoms with Gasteiger partial charge in [-0.1, -0.05) is 13.8 Å². The molecule has 5 bridgehead atoms. The number of hydrogen-bond acceptors (Lipinski definition) is 7. The molecule has 29 heavy (non-hydrogen) atoms. The number of carbonyl (C=O) groups is 1. The Morgan fingerprint density at radius 1 is 1.38 bits per heavy atom. The fourth-order valence-electron chi connectivity index (χ4n) is 8.02. The zero-order valence-corrected chi connectivity index (χ0v) is 17.6. The number of hydrogen-bond donors (Lipinski definition) is 1. The summed E-state index contributed by atoms with van der Waals surface area (Å²) < 4.78 is 24.8. The predicted octanol–water partition coefficient (Wildman–Crippen LogP) is 1.59. The minimum absolute atomic E-state index is 0.104. The number of rotatable bonds is 5. The standard InChI is InChI=1S/C22H31NO6/c1-5-12(24)9-21-14-6-7-23(21)13-8-15(21)28-22(14)16(13)10(2)18(29-22)19-17(26-4)11(3)20(25)27-19/h10,12-16,18-19,24H,5-9H2,1-4H3/t10-,12?,13-,14+,15+,16+,18-,19-,21?,22+/m0/s1. The van der Waals surface area contributed by atoms with Crippen LogP contribution in [0.1, 0.15) is 46.5 Å². The van der Waals surface area contributed by atoms with Crippen LogP contribution >= 0.6 is 0 Å². The van der Waals surface area contributed by atoms with E-state index in [2.05, 4.69) is 11.8 Å². The summed E-state index contributed by atoms with van der Waals surface area (Å²) in [6.45, 7) is 7.06. The first-order chi connectivity index (χ1) is 13.9. The minimum atomic E-state index is -0.625. The second-order valence-corrected chi connectivity index (χ2v) is 9.91. The van der Waals surface area contributed by atoms with Gasteiger partial charge in [-0.2, -0.15) is 0 Å². The molecule has 0 radical (unpaired) electrons. The first kappa shape index (κ1) is 18.6. The van der Waals surface area contributed by atoms with Crippen LogP contribution in [0.2, 0.25) is 0 Å². The van der Waals surface area contributed by atoms with Crippen LogP contribution < -0.4 is 0 Å². The van der Waals surface area contributed by atoms with Crippen molar-refractivity contribution in [3.05, 3.63) is 11.3 Å². The summed E-state index contributed by atoms with van der Waals surface area (Å²) >= 11 is 0. The highest BCUT2D eigenvalue weighted by Crippen LogP contribution is 2.72. The van der Waals surface area contributed by atoms with Crippen LogP contribution in [0, 0.1) is 17.8 Å². The molecule has 5 saturated heterocycles. The van der Waals surface area contributed by atoms with Crippen molar-refractivity contribution in [1.82, 2.24) is 4.90 Å². The molecule has 0 saturated carbocycles. The highest BCUT2D eigenvalue weighted by molar-refractivity contribution is 5.91. The Morgan fingerprint density at radius 3 is 2.90 bits per heavy atom. The molecule has 1 N–H and O–H groups in total. The van der Waals surface area contributed by atoms with Gasteiger partial charge in [-0.3, -0.25) is 4.90 Å². The van der Waals surface area contributed by atoms with E-state index >= 15 is 0 Å². The van der Waals surface area contributed by atoms with Crippen LogP contribution in [0.25, 0.3) is 0 Å². The lowest BCUT2D eigenvalue weighted by molar-refractivity contribution is -0.280. The van der Waals surface area contributed by atoms with Gasteiger partial charge in [-0.15, -0.1) is 0 Å². The summed E-state index contributed by atoms with van der Waals surface area (Å²) in [4.78, 5) is 14.9. The highest BCUT2D eigenvalue weighted by atomic mass is 16.7. The zero-order chi connectivity index (χ0) is 20.3. The van der Waals surface area contributed by atoms with E-state index in [0.717, 1.165) is 32.2 Å². The Morgan fingerprint density at radius 2 is 2.17 bits per heavy atom. The maximum atomic E-state index is 12.2. The number of esters is 1. The monoisotopic (exact) mass is 405 g/mol. The van der Waals surface area contributed by atoms with Crippen LogP contribution in [0.5, 0.6) is 0 Å². The van der Waals surface area contributed by atoms with E-state index in [0.29, 0.717) is 17.4 Å². The Kier molecular flexibility index (Phi) is 3.69. The third-order valence-electron chi connectivity index (χ3n) is 9.03. The highest BCUT2D eigenvalue weighted by Gasteiger charge is 2.84. The van der Waals surface area contributed by atoms with Crippen molar-refractivity contribution in [1.29, 1.82) is 0 Å². The van der Waals surface area contributed by atoms with E-state index in [1.54, 1.807) is 14.0 Å². The number of cyclic esters (lactones) is 1. The number of ether oxygens (including phenoxy) is 4. The summed E-state index contributed by atoms with van der Waals surface area (Å²) in [6.07, 6.45) is 2.59. The molecule has 0 aromatic heterocycles. The van der Waals surface area contributed by atoms with E-state index in [9.17, 15) is 9.90 Å². The van der Waals surface area contributed by atoms with Crippen LogP contribution in [0.4, 0.5) is 0 Å². The Balaban J connectivity index is 1.39. The molecule has 1 spiro atoms. The van der Waals surface area contributed by atoms with Gasteiger partial charge < -0.3 is 24.1 Å². The van der Waals surface area contributed by atoms with Crippen LogP contribution in [0.3, 0.4) is 0 Å². The van der Waals surface area contributed by atoms with Crippen LogP contribution in [-0.4, -0.2) is 71.4 Å². The van der Waals surface area contributed by atoms with Crippen LogP contribution in [-0.2, 0) is 23.7 Å². The van der Waals surface area contributed by atoms with E-state index in [-0.39, 0.29) is 47.6 Å². The van der Waals surface area contributed by atoms with Crippen molar-refractivity contribution < 1.29 is 28.8 Å². The van der Waals surface area contributed by atoms with Gasteiger partial charge in [0.05, 0.1) is 30.4 Å². The number of piperidine rings is 1. The number of aliphatic hydroxyl groups excluding tert-OH is 1. The lowest BCUT2D eigenvalue weighted by Crippen LogP contribution is -2.61. The van der Waals surface area contributed by atoms with Crippen molar-refractivity contribution in [3.8, 4) is 0 Å². The molecule has 0 aliphatic carbocycles. The largest absolute Gasteiger partial charge is 0.496 e. The van der Waals surface area contributed by atoms with Crippen molar-refractivity contribution in [2.45, 2.75) is 88.2 Å². The van der Waals surface area contributed by atoms with Gasteiger partial charge in [-0.05, 0) is 45.1 Å². The van der Waals surface area contributed by atoms with Crippen molar-refractivity contribution in [2.24, 2.45) is 17.8 Å². The molecular weight excluding hydrogens is 374 g/mol. The lowest BCUT2D eigenvalue weighted by atomic mass is 9.69. The number of nitrogens with zero attached hydrogens (tertiary/aromatic N) is 1. The van der Waals surface area contributed by atoms with Gasteiger partial charge in [0.15, 0.2) is 11.9 Å². The van der Waals surface area contributed by atoms with Crippen molar-refractivity contribution in [3.63, 3.8) is 0 Å². The molecule has 7 heteroatoms. The van der Waals surface area contributed by atoms with E-state index in [4.69, 9.17) is 18.9 Å². The van der Waals surface area contributed by atoms with Gasteiger partial charge in [-0.25, -0.2) is 4.79 Å². The summed E-state index contributed by atoms with van der Waals surface area (Å²) in [5, 5.41) is 10.6. The molecule has 0 aromatic rings. The molecule has 5 fully saturated rings.